The fraction of sp³-hybridized carbons (Fsp3) is 0.889. The van der Waals surface area contributed by atoms with Crippen molar-refractivity contribution >= 4 is 5.91 Å². The van der Waals surface area contributed by atoms with Gasteiger partial charge in [0.1, 0.15) is 0 Å². The molecular formula is C9H20N2O2. The Hall–Kier alpha value is -0.610. The van der Waals surface area contributed by atoms with Crippen molar-refractivity contribution in [2.75, 3.05) is 27.2 Å². The number of rotatable bonds is 6. The van der Waals surface area contributed by atoms with Crippen molar-refractivity contribution in [1.29, 1.82) is 0 Å². The second-order valence-electron chi connectivity index (χ2n) is 3.54. The summed E-state index contributed by atoms with van der Waals surface area (Å²) in [4.78, 5) is 13.1. The van der Waals surface area contributed by atoms with E-state index in [1.165, 1.54) is 0 Å². The average molecular weight is 188 g/mol. The van der Waals surface area contributed by atoms with Crippen LogP contribution >= 0.6 is 0 Å². The Balaban J connectivity index is 3.30. The minimum absolute atomic E-state index is 0.0164. The zero-order chi connectivity index (χ0) is 10.3. The van der Waals surface area contributed by atoms with Crippen molar-refractivity contribution in [3.63, 3.8) is 0 Å². The lowest BCUT2D eigenvalue weighted by atomic mass is 10.2. The van der Waals surface area contributed by atoms with Crippen LogP contribution in [0.15, 0.2) is 0 Å². The van der Waals surface area contributed by atoms with Gasteiger partial charge in [0.15, 0.2) is 0 Å². The molecule has 0 aromatic rings. The first-order valence-corrected chi connectivity index (χ1v) is 4.62. The highest BCUT2D eigenvalue weighted by molar-refractivity contribution is 5.75. The Morgan fingerprint density at radius 3 is 2.62 bits per heavy atom. The first-order valence-electron chi connectivity index (χ1n) is 4.62. The van der Waals surface area contributed by atoms with E-state index >= 15 is 0 Å². The summed E-state index contributed by atoms with van der Waals surface area (Å²) < 4.78 is 0. The van der Waals surface area contributed by atoms with E-state index in [2.05, 4.69) is 5.32 Å². The zero-order valence-electron chi connectivity index (χ0n) is 8.71. The van der Waals surface area contributed by atoms with E-state index in [4.69, 9.17) is 5.11 Å². The maximum absolute atomic E-state index is 11.1. The molecule has 2 N–H and O–H groups in total. The number of aliphatic hydroxyl groups excluding tert-OH is 1. The summed E-state index contributed by atoms with van der Waals surface area (Å²) in [6.45, 7) is 3.21. The number of nitrogens with one attached hydrogen (secondary N) is 1. The van der Waals surface area contributed by atoms with Gasteiger partial charge < -0.3 is 15.3 Å². The fourth-order valence-electron chi connectivity index (χ4n) is 0.847. The standard InChI is InChI=1S/C9H20N2O2/c1-8(12)4-5-9(13)10-6-7-11(2)3/h8,12H,4-7H2,1-3H3,(H,10,13). The van der Waals surface area contributed by atoms with Crippen LogP contribution in [0.5, 0.6) is 0 Å². The number of nitrogens with zero attached hydrogens (tertiary/aromatic N) is 1. The average Bonchev–Trinajstić information content (AvgIpc) is 2.00. The smallest absolute Gasteiger partial charge is 0.220 e. The number of carbonyl (C=O) groups excluding carboxylic acids is 1. The van der Waals surface area contributed by atoms with Gasteiger partial charge in [-0.05, 0) is 27.4 Å². The second-order valence-corrected chi connectivity index (χ2v) is 3.54. The predicted molar refractivity (Wildman–Crippen MR) is 52.5 cm³/mol. The van der Waals surface area contributed by atoms with E-state index in [1.807, 2.05) is 19.0 Å². The van der Waals surface area contributed by atoms with Crippen LogP contribution in [0.3, 0.4) is 0 Å². The lowest BCUT2D eigenvalue weighted by Gasteiger charge is -2.10. The number of aliphatic hydroxyl groups is 1. The number of amides is 1. The van der Waals surface area contributed by atoms with E-state index in [0.29, 0.717) is 19.4 Å². The van der Waals surface area contributed by atoms with Gasteiger partial charge in [-0.15, -0.1) is 0 Å². The molecule has 1 unspecified atom stereocenters. The Morgan fingerprint density at radius 1 is 1.54 bits per heavy atom. The van der Waals surface area contributed by atoms with E-state index < -0.39 is 0 Å². The predicted octanol–water partition coefficient (Wildman–Crippen LogP) is -0.175. The maximum Gasteiger partial charge on any atom is 0.220 e. The molecule has 0 saturated carbocycles. The lowest BCUT2D eigenvalue weighted by molar-refractivity contribution is -0.121. The van der Waals surface area contributed by atoms with Crippen LogP contribution in [0, 0.1) is 0 Å². The van der Waals surface area contributed by atoms with Gasteiger partial charge in [0.05, 0.1) is 6.10 Å². The second kappa shape index (κ2) is 6.86. The summed E-state index contributed by atoms with van der Waals surface area (Å²) >= 11 is 0. The molecular weight excluding hydrogens is 168 g/mol. The number of hydrogen-bond acceptors (Lipinski definition) is 3. The minimum Gasteiger partial charge on any atom is -0.393 e. The number of likely N-dealkylation sites (N-methyl/N-ethyl adjacent to an activating group) is 1. The third-order valence-electron chi connectivity index (χ3n) is 1.67. The van der Waals surface area contributed by atoms with Crippen LogP contribution in [-0.4, -0.2) is 49.2 Å². The summed E-state index contributed by atoms with van der Waals surface area (Å²) in [5.74, 6) is 0.0164. The lowest BCUT2D eigenvalue weighted by Crippen LogP contribution is -2.31. The van der Waals surface area contributed by atoms with E-state index in [0.717, 1.165) is 6.54 Å². The monoisotopic (exact) mass is 188 g/mol. The molecule has 0 aliphatic heterocycles. The molecule has 0 aromatic carbocycles. The molecule has 0 bridgehead atoms. The Bertz CT molecular complexity index is 147. The molecule has 0 fully saturated rings. The van der Waals surface area contributed by atoms with Crippen LogP contribution in [0.25, 0.3) is 0 Å². The third kappa shape index (κ3) is 9.30. The highest BCUT2D eigenvalue weighted by Gasteiger charge is 2.02. The molecule has 0 heterocycles. The maximum atomic E-state index is 11.1. The molecule has 1 amide bonds. The van der Waals surface area contributed by atoms with E-state index in [9.17, 15) is 4.79 Å². The Kier molecular flexibility index (Phi) is 6.54. The van der Waals surface area contributed by atoms with Crippen LogP contribution < -0.4 is 5.32 Å². The molecule has 0 aromatic heterocycles. The van der Waals surface area contributed by atoms with Crippen molar-refractivity contribution in [1.82, 2.24) is 10.2 Å². The summed E-state index contributed by atoms with van der Waals surface area (Å²) in [5, 5.41) is 11.7. The number of hydrogen-bond donors (Lipinski definition) is 2. The van der Waals surface area contributed by atoms with Crippen LogP contribution in [0.1, 0.15) is 19.8 Å². The van der Waals surface area contributed by atoms with Crippen molar-refractivity contribution in [2.24, 2.45) is 0 Å². The molecule has 4 heteroatoms. The van der Waals surface area contributed by atoms with E-state index in [1.54, 1.807) is 6.92 Å². The Morgan fingerprint density at radius 2 is 2.15 bits per heavy atom. The van der Waals surface area contributed by atoms with Gasteiger partial charge in [0, 0.05) is 19.5 Å². The quantitative estimate of drug-likeness (QED) is 0.608. The van der Waals surface area contributed by atoms with Gasteiger partial charge in [-0.3, -0.25) is 4.79 Å². The van der Waals surface area contributed by atoms with Crippen molar-refractivity contribution < 1.29 is 9.90 Å². The fourth-order valence-corrected chi connectivity index (χ4v) is 0.847. The molecule has 4 nitrogen and oxygen atoms in total. The SMILES string of the molecule is CC(O)CCC(=O)NCCN(C)C. The minimum atomic E-state index is -0.389. The third-order valence-corrected chi connectivity index (χ3v) is 1.67. The van der Waals surface area contributed by atoms with Gasteiger partial charge in [0.25, 0.3) is 0 Å². The molecule has 0 radical (unpaired) electrons. The zero-order valence-corrected chi connectivity index (χ0v) is 8.71. The molecule has 0 spiro atoms. The molecule has 0 rings (SSSR count). The molecule has 0 saturated heterocycles. The summed E-state index contributed by atoms with van der Waals surface area (Å²) in [6, 6.07) is 0. The van der Waals surface area contributed by atoms with Crippen LogP contribution in [-0.2, 0) is 4.79 Å². The van der Waals surface area contributed by atoms with Gasteiger partial charge in [0.2, 0.25) is 5.91 Å². The topological polar surface area (TPSA) is 52.6 Å². The van der Waals surface area contributed by atoms with Crippen LogP contribution in [0.2, 0.25) is 0 Å². The van der Waals surface area contributed by atoms with Gasteiger partial charge in [-0.1, -0.05) is 0 Å². The first-order chi connectivity index (χ1) is 6.02. The molecule has 78 valence electrons. The van der Waals surface area contributed by atoms with Gasteiger partial charge in [-0.25, -0.2) is 0 Å². The number of carbonyl (C=O) groups is 1. The van der Waals surface area contributed by atoms with Crippen molar-refractivity contribution in [2.45, 2.75) is 25.9 Å². The molecule has 1 atom stereocenters. The molecule has 0 aliphatic carbocycles. The summed E-state index contributed by atoms with van der Waals surface area (Å²) in [5.41, 5.74) is 0. The van der Waals surface area contributed by atoms with Gasteiger partial charge in [-0.2, -0.15) is 0 Å². The highest BCUT2D eigenvalue weighted by atomic mass is 16.3. The van der Waals surface area contributed by atoms with Crippen molar-refractivity contribution in [3.8, 4) is 0 Å². The van der Waals surface area contributed by atoms with Crippen molar-refractivity contribution in [3.05, 3.63) is 0 Å². The van der Waals surface area contributed by atoms with E-state index in [-0.39, 0.29) is 12.0 Å². The summed E-state index contributed by atoms with van der Waals surface area (Å²) in [7, 11) is 3.92. The normalized spacial score (nSPS) is 13.0. The largest absolute Gasteiger partial charge is 0.393 e. The molecule has 0 aliphatic rings. The molecule has 13 heavy (non-hydrogen) atoms. The summed E-state index contributed by atoms with van der Waals surface area (Å²) in [6.07, 6.45) is 0.554. The van der Waals surface area contributed by atoms with Crippen LogP contribution in [0.4, 0.5) is 0 Å². The first kappa shape index (κ1) is 12.4. The Labute approximate surface area is 79.9 Å². The van der Waals surface area contributed by atoms with Gasteiger partial charge >= 0.3 is 0 Å². The highest BCUT2D eigenvalue weighted by Crippen LogP contribution is 1.94.